The Balaban J connectivity index is 1.62. The zero-order valence-electron chi connectivity index (χ0n) is 16.0. The zero-order chi connectivity index (χ0) is 22.9. The van der Waals surface area contributed by atoms with Crippen molar-refractivity contribution in [3.8, 4) is 11.3 Å². The summed E-state index contributed by atoms with van der Waals surface area (Å²) in [6, 6.07) is 16.2. The van der Waals surface area contributed by atoms with Gasteiger partial charge in [-0.3, -0.25) is 20.4 Å². The maximum absolute atomic E-state index is 13.6. The van der Waals surface area contributed by atoms with Gasteiger partial charge in [0.25, 0.3) is 11.8 Å². The molecule has 0 aliphatic heterocycles. The highest BCUT2D eigenvalue weighted by atomic mass is 35.5. The van der Waals surface area contributed by atoms with E-state index in [4.69, 9.17) is 11.6 Å². The van der Waals surface area contributed by atoms with E-state index in [9.17, 15) is 22.8 Å². The first kappa shape index (κ1) is 21.3. The number of rotatable bonds is 3. The van der Waals surface area contributed by atoms with E-state index in [0.717, 1.165) is 12.1 Å². The molecule has 2 N–H and O–H groups in total. The smallest absolute Gasteiger partial charge is 0.267 e. The van der Waals surface area contributed by atoms with E-state index in [1.807, 2.05) is 0 Å². The minimum atomic E-state index is -4.74. The van der Waals surface area contributed by atoms with Crippen molar-refractivity contribution in [2.45, 2.75) is 6.18 Å². The summed E-state index contributed by atoms with van der Waals surface area (Å²) in [5.41, 5.74) is 3.44. The number of carbonyl (C=O) groups is 2. The Bertz CT molecular complexity index is 1310. The number of amides is 2. The summed E-state index contributed by atoms with van der Waals surface area (Å²) in [5.74, 6) is -1.55. The van der Waals surface area contributed by atoms with Crippen LogP contribution >= 0.6 is 11.6 Å². The Morgan fingerprint density at radius 3 is 2.22 bits per heavy atom. The second kappa shape index (κ2) is 8.31. The molecule has 2 aromatic heterocycles. The molecule has 0 bridgehead atoms. The lowest BCUT2D eigenvalue weighted by molar-refractivity contribution is -0.142. The normalized spacial score (nSPS) is 11.4. The highest BCUT2D eigenvalue weighted by molar-refractivity contribution is 6.30. The van der Waals surface area contributed by atoms with Gasteiger partial charge in [0, 0.05) is 22.2 Å². The van der Waals surface area contributed by atoms with Crippen LogP contribution in [-0.4, -0.2) is 26.4 Å². The molecule has 0 radical (unpaired) electrons. The van der Waals surface area contributed by atoms with Crippen LogP contribution in [-0.2, 0) is 6.18 Å². The molecular formula is C21H13ClF3N5O2. The third-order valence-corrected chi connectivity index (χ3v) is 4.67. The fourth-order valence-electron chi connectivity index (χ4n) is 2.90. The minimum absolute atomic E-state index is 0.0772. The van der Waals surface area contributed by atoms with Crippen molar-refractivity contribution in [3.63, 3.8) is 0 Å². The average molecular weight is 460 g/mol. The summed E-state index contributed by atoms with van der Waals surface area (Å²) in [6.07, 6.45) is -4.74. The van der Waals surface area contributed by atoms with Gasteiger partial charge in [-0.2, -0.15) is 18.3 Å². The predicted molar refractivity (Wildman–Crippen MR) is 110 cm³/mol. The van der Waals surface area contributed by atoms with Crippen LogP contribution in [0.2, 0.25) is 5.02 Å². The first-order valence-electron chi connectivity index (χ1n) is 9.12. The largest absolute Gasteiger partial charge is 0.433 e. The van der Waals surface area contributed by atoms with Crippen molar-refractivity contribution < 1.29 is 22.8 Å². The lowest BCUT2D eigenvalue weighted by Crippen LogP contribution is -2.41. The Labute approximate surface area is 183 Å². The molecule has 4 aromatic rings. The fourth-order valence-corrected chi connectivity index (χ4v) is 3.02. The summed E-state index contributed by atoms with van der Waals surface area (Å²) in [7, 11) is 0. The van der Waals surface area contributed by atoms with Crippen molar-refractivity contribution in [1.82, 2.24) is 25.4 Å². The molecule has 0 aliphatic carbocycles. The van der Waals surface area contributed by atoms with Crippen molar-refractivity contribution in [1.29, 1.82) is 0 Å². The molecule has 2 heterocycles. The zero-order valence-corrected chi connectivity index (χ0v) is 16.8. The summed E-state index contributed by atoms with van der Waals surface area (Å²) in [6.45, 7) is 0. The van der Waals surface area contributed by atoms with Gasteiger partial charge in [0.15, 0.2) is 17.0 Å². The third-order valence-electron chi connectivity index (χ3n) is 4.42. The molecule has 0 fully saturated rings. The summed E-state index contributed by atoms with van der Waals surface area (Å²) < 4.78 is 41.5. The van der Waals surface area contributed by atoms with Gasteiger partial charge in [-0.15, -0.1) is 0 Å². The molecule has 2 aromatic carbocycles. The second-order valence-corrected chi connectivity index (χ2v) is 7.04. The van der Waals surface area contributed by atoms with E-state index in [-0.39, 0.29) is 22.6 Å². The SMILES string of the molecule is O=C(NNC(=O)c1cc2nc(-c3ccccc3)cc(C(F)(F)F)n2n1)c1ccc(Cl)cc1. The number of aromatic nitrogens is 3. The van der Waals surface area contributed by atoms with Crippen molar-refractivity contribution >= 4 is 29.1 Å². The van der Waals surface area contributed by atoms with E-state index in [1.165, 1.54) is 24.3 Å². The van der Waals surface area contributed by atoms with Crippen LogP contribution in [0.25, 0.3) is 16.9 Å². The molecule has 4 rings (SSSR count). The molecule has 7 nitrogen and oxygen atoms in total. The Morgan fingerprint density at radius 1 is 0.906 bits per heavy atom. The van der Waals surface area contributed by atoms with Crippen LogP contribution in [0.15, 0.2) is 66.7 Å². The summed E-state index contributed by atoms with van der Waals surface area (Å²) >= 11 is 5.76. The molecule has 0 spiro atoms. The summed E-state index contributed by atoms with van der Waals surface area (Å²) in [4.78, 5) is 28.7. The van der Waals surface area contributed by atoms with Crippen LogP contribution < -0.4 is 10.9 Å². The molecule has 32 heavy (non-hydrogen) atoms. The van der Waals surface area contributed by atoms with Crippen LogP contribution in [0.5, 0.6) is 0 Å². The van der Waals surface area contributed by atoms with Crippen LogP contribution in [0.4, 0.5) is 13.2 Å². The Morgan fingerprint density at radius 2 is 1.56 bits per heavy atom. The number of fused-ring (bicyclic) bond motifs is 1. The fraction of sp³-hybridized carbons (Fsp3) is 0.0476. The number of hydrazine groups is 1. The van der Waals surface area contributed by atoms with Gasteiger partial charge in [0.05, 0.1) is 5.69 Å². The van der Waals surface area contributed by atoms with Crippen molar-refractivity contribution in [3.05, 3.63) is 88.7 Å². The number of carbonyl (C=O) groups excluding carboxylic acids is 2. The molecule has 162 valence electrons. The number of nitrogens with zero attached hydrogens (tertiary/aromatic N) is 3. The van der Waals surface area contributed by atoms with Gasteiger partial charge >= 0.3 is 6.18 Å². The Hall–Kier alpha value is -3.92. The lowest BCUT2D eigenvalue weighted by atomic mass is 10.1. The maximum atomic E-state index is 13.6. The topological polar surface area (TPSA) is 88.4 Å². The van der Waals surface area contributed by atoms with Crippen molar-refractivity contribution in [2.24, 2.45) is 0 Å². The first-order valence-corrected chi connectivity index (χ1v) is 9.50. The second-order valence-electron chi connectivity index (χ2n) is 6.61. The highest BCUT2D eigenvalue weighted by Crippen LogP contribution is 2.32. The first-order chi connectivity index (χ1) is 15.2. The van der Waals surface area contributed by atoms with Gasteiger partial charge in [0.2, 0.25) is 0 Å². The van der Waals surface area contributed by atoms with E-state index in [2.05, 4.69) is 20.9 Å². The monoisotopic (exact) mass is 459 g/mol. The number of benzene rings is 2. The maximum Gasteiger partial charge on any atom is 0.433 e. The van der Waals surface area contributed by atoms with E-state index in [0.29, 0.717) is 15.1 Å². The average Bonchev–Trinajstić information content (AvgIpc) is 3.21. The molecule has 0 saturated heterocycles. The van der Waals surface area contributed by atoms with Gasteiger partial charge in [0.1, 0.15) is 0 Å². The lowest BCUT2D eigenvalue weighted by Gasteiger charge is -2.11. The molecule has 0 saturated carbocycles. The molecular weight excluding hydrogens is 447 g/mol. The number of nitrogens with one attached hydrogen (secondary N) is 2. The van der Waals surface area contributed by atoms with E-state index in [1.54, 1.807) is 30.3 Å². The van der Waals surface area contributed by atoms with Crippen LogP contribution in [0, 0.1) is 0 Å². The molecule has 0 aliphatic rings. The third kappa shape index (κ3) is 4.40. The van der Waals surface area contributed by atoms with Gasteiger partial charge in [-0.1, -0.05) is 41.9 Å². The summed E-state index contributed by atoms with van der Waals surface area (Å²) in [5, 5.41) is 4.16. The molecule has 2 amide bonds. The predicted octanol–water partition coefficient (Wildman–Crippen LogP) is 4.14. The molecule has 11 heteroatoms. The van der Waals surface area contributed by atoms with Crippen LogP contribution in [0.1, 0.15) is 26.5 Å². The quantitative estimate of drug-likeness (QED) is 0.451. The Kier molecular flexibility index (Phi) is 5.54. The molecule has 0 unspecified atom stereocenters. The van der Waals surface area contributed by atoms with Crippen LogP contribution in [0.3, 0.4) is 0 Å². The number of alkyl halides is 3. The van der Waals surface area contributed by atoms with Gasteiger partial charge < -0.3 is 0 Å². The number of hydrogen-bond donors (Lipinski definition) is 2. The van der Waals surface area contributed by atoms with Crippen molar-refractivity contribution in [2.75, 3.05) is 0 Å². The standard InChI is InChI=1S/C21H13ClF3N5O2/c22-14-8-6-13(7-9-14)19(31)27-28-20(32)16-11-18-26-15(12-4-2-1-3-5-12)10-17(21(23,24)25)30(18)29-16/h1-11H,(H,27,31)(H,28,32). The minimum Gasteiger partial charge on any atom is -0.267 e. The molecule has 0 atom stereocenters. The number of hydrogen-bond acceptors (Lipinski definition) is 4. The highest BCUT2D eigenvalue weighted by Gasteiger charge is 2.35. The van der Waals surface area contributed by atoms with Gasteiger partial charge in [-0.25, -0.2) is 9.50 Å². The van der Waals surface area contributed by atoms with E-state index < -0.39 is 23.7 Å². The number of halogens is 4. The van der Waals surface area contributed by atoms with E-state index >= 15 is 0 Å². The van der Waals surface area contributed by atoms with Gasteiger partial charge in [-0.05, 0) is 30.3 Å².